The molecule has 0 saturated carbocycles. The number of rotatable bonds is 7. The summed E-state index contributed by atoms with van der Waals surface area (Å²) in [5, 5.41) is 22.8. The molecule has 0 radical (unpaired) electrons. The number of para-hydroxylation sites is 2. The molecule has 44 heavy (non-hydrogen) atoms. The summed E-state index contributed by atoms with van der Waals surface area (Å²) in [6, 6.07) is 39.7. The number of benzene rings is 5. The summed E-state index contributed by atoms with van der Waals surface area (Å²) < 4.78 is 6.36. The largest absolute Gasteiger partial charge is 0.455 e. The fourth-order valence-electron chi connectivity index (χ4n) is 5.83. The van der Waals surface area contributed by atoms with Crippen molar-refractivity contribution < 1.29 is 4.42 Å². The molecule has 2 N–H and O–H groups in total. The van der Waals surface area contributed by atoms with Crippen LogP contribution in [0.25, 0.3) is 44.2 Å². The SMILES string of the molecule is CC1C=CC=C(C(=N)/N=N\Cc2cccc(Nc3cc(-c4cccc5c4oc4ccccc45)ccc3-c3ccccc3)c2)C1. The number of allylic oxidation sites excluding steroid dienone is 3. The Morgan fingerprint density at radius 1 is 0.818 bits per heavy atom. The Morgan fingerprint density at radius 3 is 2.52 bits per heavy atom. The second kappa shape index (κ2) is 12.0. The van der Waals surface area contributed by atoms with Crippen LogP contribution in [0.2, 0.25) is 0 Å². The number of nitrogens with one attached hydrogen (secondary N) is 2. The van der Waals surface area contributed by atoms with Crippen LogP contribution in [0.3, 0.4) is 0 Å². The van der Waals surface area contributed by atoms with Gasteiger partial charge in [-0.1, -0.05) is 116 Å². The van der Waals surface area contributed by atoms with Crippen LogP contribution >= 0.6 is 0 Å². The molecule has 7 rings (SSSR count). The normalized spacial score (nSPS) is 14.8. The summed E-state index contributed by atoms with van der Waals surface area (Å²) in [6.45, 7) is 2.54. The van der Waals surface area contributed by atoms with Crippen molar-refractivity contribution in [1.82, 2.24) is 0 Å². The van der Waals surface area contributed by atoms with Gasteiger partial charge in [-0.05, 0) is 58.9 Å². The maximum atomic E-state index is 8.33. The molecular formula is C39H32N4O. The number of nitrogens with zero attached hydrogens (tertiary/aromatic N) is 2. The molecule has 0 spiro atoms. The van der Waals surface area contributed by atoms with Gasteiger partial charge in [-0.2, -0.15) is 5.11 Å². The molecule has 0 saturated heterocycles. The quantitative estimate of drug-likeness (QED) is 0.113. The Labute approximate surface area is 256 Å². The number of anilines is 2. The molecule has 0 bridgehead atoms. The molecule has 1 atom stereocenters. The molecule has 5 nitrogen and oxygen atoms in total. The predicted octanol–water partition coefficient (Wildman–Crippen LogP) is 11.1. The van der Waals surface area contributed by atoms with Gasteiger partial charge in [0.2, 0.25) is 0 Å². The van der Waals surface area contributed by atoms with Crippen molar-refractivity contribution >= 4 is 39.1 Å². The summed E-state index contributed by atoms with van der Waals surface area (Å²) in [5.74, 6) is 0.651. The molecule has 5 heteroatoms. The van der Waals surface area contributed by atoms with E-state index >= 15 is 0 Å². The third-order valence-corrected chi connectivity index (χ3v) is 8.03. The van der Waals surface area contributed by atoms with Gasteiger partial charge < -0.3 is 9.73 Å². The summed E-state index contributed by atoms with van der Waals surface area (Å²) in [5.41, 5.74) is 10.0. The minimum atomic E-state index is 0.235. The van der Waals surface area contributed by atoms with Crippen LogP contribution in [0.4, 0.5) is 11.4 Å². The first-order chi connectivity index (χ1) is 21.6. The van der Waals surface area contributed by atoms with Gasteiger partial charge in [-0.3, -0.25) is 5.41 Å². The van der Waals surface area contributed by atoms with Gasteiger partial charge in [0, 0.05) is 33.3 Å². The van der Waals surface area contributed by atoms with E-state index in [9.17, 15) is 0 Å². The Hall–Kier alpha value is -5.55. The van der Waals surface area contributed by atoms with Gasteiger partial charge in [-0.15, -0.1) is 5.11 Å². The first kappa shape index (κ1) is 27.3. The molecule has 214 valence electrons. The van der Waals surface area contributed by atoms with Crippen LogP contribution in [0, 0.1) is 11.3 Å². The highest BCUT2D eigenvalue weighted by molar-refractivity contribution is 6.09. The molecule has 0 fully saturated rings. The lowest BCUT2D eigenvalue weighted by Crippen LogP contribution is -2.04. The maximum absolute atomic E-state index is 8.33. The highest BCUT2D eigenvalue weighted by atomic mass is 16.3. The van der Waals surface area contributed by atoms with Crippen LogP contribution < -0.4 is 5.32 Å². The van der Waals surface area contributed by atoms with E-state index in [0.29, 0.717) is 12.5 Å². The molecule has 1 aliphatic rings. The lowest BCUT2D eigenvalue weighted by Gasteiger charge is -2.15. The smallest absolute Gasteiger partial charge is 0.169 e. The molecule has 0 aliphatic heterocycles. The zero-order valence-corrected chi connectivity index (χ0v) is 24.5. The number of furan rings is 1. The van der Waals surface area contributed by atoms with Crippen molar-refractivity contribution in [2.75, 3.05) is 5.32 Å². The highest BCUT2D eigenvalue weighted by Gasteiger charge is 2.15. The summed E-state index contributed by atoms with van der Waals surface area (Å²) >= 11 is 0. The third-order valence-electron chi connectivity index (χ3n) is 8.03. The van der Waals surface area contributed by atoms with Gasteiger partial charge in [0.25, 0.3) is 0 Å². The first-order valence-corrected chi connectivity index (χ1v) is 14.9. The van der Waals surface area contributed by atoms with E-state index in [1.165, 1.54) is 0 Å². The van der Waals surface area contributed by atoms with E-state index in [1.54, 1.807) is 0 Å². The maximum Gasteiger partial charge on any atom is 0.169 e. The average Bonchev–Trinajstić information content (AvgIpc) is 3.44. The van der Waals surface area contributed by atoms with Crippen LogP contribution in [-0.2, 0) is 6.54 Å². The predicted molar refractivity (Wildman–Crippen MR) is 182 cm³/mol. The van der Waals surface area contributed by atoms with Gasteiger partial charge >= 0.3 is 0 Å². The number of hydrogen-bond acceptors (Lipinski definition) is 4. The van der Waals surface area contributed by atoms with E-state index in [4.69, 9.17) is 9.83 Å². The lowest BCUT2D eigenvalue weighted by atomic mass is 9.95. The Kier molecular flexibility index (Phi) is 7.43. The highest BCUT2D eigenvalue weighted by Crippen LogP contribution is 2.39. The zero-order valence-electron chi connectivity index (χ0n) is 24.5. The third kappa shape index (κ3) is 5.60. The van der Waals surface area contributed by atoms with E-state index in [0.717, 1.165) is 73.1 Å². The molecule has 1 unspecified atom stereocenters. The van der Waals surface area contributed by atoms with Crippen LogP contribution in [-0.4, -0.2) is 5.84 Å². The summed E-state index contributed by atoms with van der Waals surface area (Å²) in [6.07, 6.45) is 6.92. The first-order valence-electron chi connectivity index (χ1n) is 14.9. The minimum absolute atomic E-state index is 0.235. The van der Waals surface area contributed by atoms with E-state index in [2.05, 4.69) is 107 Å². The Bertz CT molecular complexity index is 2080. The minimum Gasteiger partial charge on any atom is -0.455 e. The monoisotopic (exact) mass is 572 g/mol. The van der Waals surface area contributed by atoms with Gasteiger partial charge in [0.05, 0.1) is 6.54 Å². The lowest BCUT2D eigenvalue weighted by molar-refractivity contribution is 0.670. The Morgan fingerprint density at radius 2 is 1.64 bits per heavy atom. The van der Waals surface area contributed by atoms with Crippen molar-refractivity contribution in [2.24, 2.45) is 16.1 Å². The van der Waals surface area contributed by atoms with Gasteiger partial charge in [0.15, 0.2) is 5.84 Å². The fraction of sp³-hybridized carbons (Fsp3) is 0.103. The molecule has 1 aromatic heterocycles. The van der Waals surface area contributed by atoms with Crippen molar-refractivity contribution in [3.8, 4) is 22.3 Å². The number of amidine groups is 1. The molecule has 1 aliphatic carbocycles. The number of hydrogen-bond donors (Lipinski definition) is 2. The van der Waals surface area contributed by atoms with Gasteiger partial charge in [0.1, 0.15) is 11.2 Å². The number of azo groups is 1. The zero-order chi connectivity index (χ0) is 29.9. The van der Waals surface area contributed by atoms with E-state index in [-0.39, 0.29) is 5.84 Å². The van der Waals surface area contributed by atoms with Crippen LogP contribution in [0.1, 0.15) is 18.9 Å². The Balaban J connectivity index is 1.20. The molecule has 6 aromatic rings. The summed E-state index contributed by atoms with van der Waals surface area (Å²) in [7, 11) is 0. The molecule has 0 amide bonds. The van der Waals surface area contributed by atoms with Crippen molar-refractivity contribution in [1.29, 1.82) is 5.41 Å². The van der Waals surface area contributed by atoms with Crippen molar-refractivity contribution in [3.05, 3.63) is 145 Å². The van der Waals surface area contributed by atoms with E-state index < -0.39 is 0 Å². The average molecular weight is 573 g/mol. The second-order valence-corrected chi connectivity index (χ2v) is 11.2. The van der Waals surface area contributed by atoms with Crippen molar-refractivity contribution in [2.45, 2.75) is 19.9 Å². The van der Waals surface area contributed by atoms with E-state index in [1.807, 2.05) is 48.6 Å². The standard InChI is InChI=1S/C39H32N4O/c1-26-10-7-14-30(22-26)39(40)43-41-25-27-11-8-15-31(23-27)42-36-24-29(20-21-32(36)28-12-3-2-4-13-28)33-17-9-18-35-34-16-5-6-19-37(34)44-38(33)35/h2-21,23-24,26,40,42H,22,25H2,1H3/b40-39?,43-41-. The second-order valence-electron chi connectivity index (χ2n) is 11.2. The van der Waals surface area contributed by atoms with Crippen LogP contribution in [0.15, 0.2) is 154 Å². The summed E-state index contributed by atoms with van der Waals surface area (Å²) in [4.78, 5) is 0. The topological polar surface area (TPSA) is 73.7 Å². The number of fused-ring (bicyclic) bond motifs is 3. The van der Waals surface area contributed by atoms with Crippen LogP contribution in [0.5, 0.6) is 0 Å². The van der Waals surface area contributed by atoms with Gasteiger partial charge in [-0.25, -0.2) is 0 Å². The molecule has 1 heterocycles. The molecule has 5 aromatic carbocycles. The molecular weight excluding hydrogens is 540 g/mol. The fourth-order valence-corrected chi connectivity index (χ4v) is 5.83. The van der Waals surface area contributed by atoms with Crippen molar-refractivity contribution in [3.63, 3.8) is 0 Å².